The van der Waals surface area contributed by atoms with E-state index < -0.39 is 0 Å². The molecular weight excluding hydrogens is 141 g/mol. The molecule has 0 spiro atoms. The van der Waals surface area contributed by atoms with Crippen molar-refractivity contribution in [3.05, 3.63) is 0 Å². The van der Waals surface area contributed by atoms with Gasteiger partial charge in [-0.15, -0.1) is 7.92 Å². The van der Waals surface area contributed by atoms with Gasteiger partial charge in [0.1, 0.15) is 0 Å². The smallest absolute Gasteiger partial charge is 0.000961 e. The molecule has 0 aromatic carbocycles. The van der Waals surface area contributed by atoms with Gasteiger partial charge < -0.3 is 5.32 Å². The van der Waals surface area contributed by atoms with Gasteiger partial charge in [0, 0.05) is 0 Å². The third kappa shape index (κ3) is 5.20. The zero-order valence-electron chi connectivity index (χ0n) is 7.48. The molecule has 0 aromatic heterocycles. The number of nitrogens with one attached hydrogen (secondary N) is 1. The van der Waals surface area contributed by atoms with Gasteiger partial charge in [-0.3, -0.25) is 0 Å². The number of rotatable bonds is 6. The summed E-state index contributed by atoms with van der Waals surface area (Å²) in [4.78, 5) is 0. The molecule has 2 heteroatoms. The highest BCUT2D eigenvalue weighted by Crippen LogP contribution is 2.32. The van der Waals surface area contributed by atoms with Gasteiger partial charge in [0.2, 0.25) is 0 Å². The Morgan fingerprint density at radius 2 is 1.70 bits per heavy atom. The fraction of sp³-hybridized carbons (Fsp3) is 1.00. The summed E-state index contributed by atoms with van der Waals surface area (Å²) in [5, 5.41) is 3.36. The fourth-order valence-electron chi connectivity index (χ4n) is 0.954. The molecule has 0 rings (SSSR count). The molecule has 0 aliphatic heterocycles. The minimum atomic E-state index is 0.370. The summed E-state index contributed by atoms with van der Waals surface area (Å²) in [6, 6.07) is 0. The highest BCUT2D eigenvalue weighted by atomic mass is 31.1. The lowest BCUT2D eigenvalue weighted by atomic mass is 10.7. The van der Waals surface area contributed by atoms with E-state index in [2.05, 4.69) is 26.1 Å². The van der Waals surface area contributed by atoms with Crippen LogP contribution in [0.1, 0.15) is 20.8 Å². The molecule has 0 aliphatic carbocycles. The second-order valence-corrected chi connectivity index (χ2v) is 5.43. The average Bonchev–Trinajstić information content (AvgIpc) is 1.99. The van der Waals surface area contributed by atoms with E-state index in [1.54, 1.807) is 0 Å². The normalized spacial score (nSPS) is 10.8. The van der Waals surface area contributed by atoms with Crippen LogP contribution in [0.3, 0.4) is 0 Å². The van der Waals surface area contributed by atoms with Crippen LogP contribution in [0.4, 0.5) is 0 Å². The molecule has 0 radical (unpaired) electrons. The fourth-order valence-corrected chi connectivity index (χ4v) is 2.51. The van der Waals surface area contributed by atoms with Crippen molar-refractivity contribution in [1.82, 2.24) is 5.32 Å². The lowest BCUT2D eigenvalue weighted by Gasteiger charge is -2.12. The van der Waals surface area contributed by atoms with Crippen LogP contribution in [-0.2, 0) is 0 Å². The standard InChI is InChI=1S/C8H20NP/c1-4-9-7-8-10(5-2)6-3/h9H,4-8H2,1-3H3. The SMILES string of the molecule is CCNCCP(CC)CC. The van der Waals surface area contributed by atoms with Gasteiger partial charge in [-0.2, -0.15) is 0 Å². The molecule has 0 bridgehead atoms. The average molecular weight is 161 g/mol. The Hall–Kier alpha value is 0.390. The first-order valence-corrected chi connectivity index (χ1v) is 6.17. The van der Waals surface area contributed by atoms with Crippen molar-refractivity contribution in [2.75, 3.05) is 31.6 Å². The minimum absolute atomic E-state index is 0.370. The molecule has 0 amide bonds. The van der Waals surface area contributed by atoms with Crippen LogP contribution in [0.5, 0.6) is 0 Å². The van der Waals surface area contributed by atoms with E-state index in [0.717, 1.165) is 6.54 Å². The maximum Gasteiger partial charge on any atom is -0.000961 e. The Bertz CT molecular complexity index is 62.3. The van der Waals surface area contributed by atoms with Gasteiger partial charge >= 0.3 is 0 Å². The molecule has 0 unspecified atom stereocenters. The highest BCUT2D eigenvalue weighted by Gasteiger charge is 1.99. The van der Waals surface area contributed by atoms with E-state index in [0.29, 0.717) is 7.92 Å². The second kappa shape index (κ2) is 7.50. The lowest BCUT2D eigenvalue weighted by molar-refractivity contribution is 0.765. The lowest BCUT2D eigenvalue weighted by Crippen LogP contribution is -2.17. The molecule has 0 fully saturated rings. The Labute approximate surface area is 66.3 Å². The third-order valence-corrected chi connectivity index (χ3v) is 4.39. The van der Waals surface area contributed by atoms with Crippen LogP contribution in [0.25, 0.3) is 0 Å². The summed E-state index contributed by atoms with van der Waals surface area (Å²) in [6.07, 6.45) is 4.21. The van der Waals surface area contributed by atoms with Crippen LogP contribution in [-0.4, -0.2) is 31.6 Å². The van der Waals surface area contributed by atoms with Gasteiger partial charge in [0.05, 0.1) is 0 Å². The van der Waals surface area contributed by atoms with E-state index in [1.807, 2.05) is 0 Å². The first-order chi connectivity index (χ1) is 4.85. The summed E-state index contributed by atoms with van der Waals surface area (Å²) < 4.78 is 0. The Morgan fingerprint density at radius 3 is 2.10 bits per heavy atom. The molecule has 0 atom stereocenters. The van der Waals surface area contributed by atoms with Gasteiger partial charge in [0.15, 0.2) is 0 Å². The molecule has 0 aliphatic rings. The van der Waals surface area contributed by atoms with Crippen molar-refractivity contribution < 1.29 is 0 Å². The maximum atomic E-state index is 3.36. The van der Waals surface area contributed by atoms with Crippen molar-refractivity contribution in [2.24, 2.45) is 0 Å². The topological polar surface area (TPSA) is 12.0 Å². The predicted molar refractivity (Wildman–Crippen MR) is 51.4 cm³/mol. The summed E-state index contributed by atoms with van der Waals surface area (Å²) in [5.41, 5.74) is 0. The molecule has 0 heterocycles. The zero-order chi connectivity index (χ0) is 7.82. The van der Waals surface area contributed by atoms with E-state index >= 15 is 0 Å². The van der Waals surface area contributed by atoms with Gasteiger partial charge in [-0.05, 0) is 31.6 Å². The van der Waals surface area contributed by atoms with Crippen LogP contribution < -0.4 is 5.32 Å². The van der Waals surface area contributed by atoms with Crippen molar-refractivity contribution in [3.8, 4) is 0 Å². The van der Waals surface area contributed by atoms with Crippen molar-refractivity contribution >= 4 is 7.92 Å². The number of hydrogen-bond acceptors (Lipinski definition) is 1. The molecule has 10 heavy (non-hydrogen) atoms. The Balaban J connectivity index is 3.09. The van der Waals surface area contributed by atoms with E-state index in [-0.39, 0.29) is 0 Å². The quantitative estimate of drug-likeness (QED) is 0.465. The molecule has 0 saturated carbocycles. The van der Waals surface area contributed by atoms with Gasteiger partial charge in [-0.25, -0.2) is 0 Å². The summed E-state index contributed by atoms with van der Waals surface area (Å²) in [7, 11) is 0.370. The Kier molecular flexibility index (Phi) is 7.79. The largest absolute Gasteiger partial charge is 0.317 e. The van der Waals surface area contributed by atoms with Gasteiger partial charge in [0.25, 0.3) is 0 Å². The van der Waals surface area contributed by atoms with E-state index in [4.69, 9.17) is 0 Å². The van der Waals surface area contributed by atoms with Crippen LogP contribution in [0.2, 0.25) is 0 Å². The molecule has 62 valence electrons. The van der Waals surface area contributed by atoms with E-state index in [1.165, 1.54) is 25.0 Å². The third-order valence-electron chi connectivity index (χ3n) is 1.75. The summed E-state index contributed by atoms with van der Waals surface area (Å²) >= 11 is 0. The minimum Gasteiger partial charge on any atom is -0.317 e. The first-order valence-electron chi connectivity index (χ1n) is 4.28. The molecule has 1 nitrogen and oxygen atoms in total. The predicted octanol–water partition coefficient (Wildman–Crippen LogP) is 2.12. The first kappa shape index (κ1) is 10.4. The van der Waals surface area contributed by atoms with Crippen LogP contribution >= 0.6 is 7.92 Å². The number of hydrogen-bond donors (Lipinski definition) is 1. The molecule has 1 N–H and O–H groups in total. The zero-order valence-corrected chi connectivity index (χ0v) is 8.38. The van der Waals surface area contributed by atoms with Crippen LogP contribution in [0, 0.1) is 0 Å². The summed E-state index contributed by atoms with van der Waals surface area (Å²) in [6.45, 7) is 9.13. The van der Waals surface area contributed by atoms with Gasteiger partial charge in [-0.1, -0.05) is 20.8 Å². The van der Waals surface area contributed by atoms with Crippen molar-refractivity contribution in [1.29, 1.82) is 0 Å². The monoisotopic (exact) mass is 161 g/mol. The molecule has 0 aromatic rings. The Morgan fingerprint density at radius 1 is 1.10 bits per heavy atom. The second-order valence-electron chi connectivity index (χ2n) is 2.38. The van der Waals surface area contributed by atoms with E-state index in [9.17, 15) is 0 Å². The summed E-state index contributed by atoms with van der Waals surface area (Å²) in [5.74, 6) is 0. The van der Waals surface area contributed by atoms with Crippen molar-refractivity contribution in [2.45, 2.75) is 20.8 Å². The maximum absolute atomic E-state index is 3.36. The van der Waals surface area contributed by atoms with Crippen molar-refractivity contribution in [3.63, 3.8) is 0 Å². The molecule has 0 saturated heterocycles. The highest BCUT2D eigenvalue weighted by molar-refractivity contribution is 7.57. The van der Waals surface area contributed by atoms with Crippen LogP contribution in [0.15, 0.2) is 0 Å². The molecular formula is C8H20NP.